The van der Waals surface area contributed by atoms with Crippen LogP contribution in [-0.4, -0.2) is 41.1 Å². The molecule has 110 valence electrons. The second kappa shape index (κ2) is 5.91. The van der Waals surface area contributed by atoms with Gasteiger partial charge in [-0.1, -0.05) is 11.6 Å². The Kier molecular flexibility index (Phi) is 3.98. The Morgan fingerprint density at radius 1 is 0.857 bits per heavy atom. The third-order valence-corrected chi connectivity index (χ3v) is 3.79. The van der Waals surface area contributed by atoms with Gasteiger partial charge >= 0.3 is 0 Å². The van der Waals surface area contributed by atoms with Crippen LogP contribution in [-0.2, 0) is 0 Å². The van der Waals surface area contributed by atoms with E-state index in [1.807, 2.05) is 24.3 Å². The summed E-state index contributed by atoms with van der Waals surface area (Å²) >= 11 is 11.7. The van der Waals surface area contributed by atoms with Gasteiger partial charge in [0.2, 0.25) is 17.2 Å². The number of hydrogen-bond donors (Lipinski definition) is 1. The van der Waals surface area contributed by atoms with Gasteiger partial charge in [0.1, 0.15) is 0 Å². The molecule has 0 saturated carbocycles. The second-order valence-corrected chi connectivity index (χ2v) is 5.49. The number of hydrogen-bond acceptors (Lipinski definition) is 6. The molecule has 2 N–H and O–H groups in total. The molecule has 6 nitrogen and oxygen atoms in total. The molecule has 0 radical (unpaired) electrons. The molecule has 1 saturated heterocycles. The van der Waals surface area contributed by atoms with Crippen molar-refractivity contribution < 1.29 is 0 Å². The zero-order valence-corrected chi connectivity index (χ0v) is 12.7. The van der Waals surface area contributed by atoms with E-state index in [0.717, 1.165) is 36.9 Å². The number of benzene rings is 1. The quantitative estimate of drug-likeness (QED) is 0.912. The summed E-state index contributed by atoms with van der Waals surface area (Å²) in [6.07, 6.45) is 0. The van der Waals surface area contributed by atoms with Crippen molar-refractivity contribution in [2.45, 2.75) is 0 Å². The first-order chi connectivity index (χ1) is 10.1. The predicted molar refractivity (Wildman–Crippen MR) is 85.1 cm³/mol. The zero-order valence-electron chi connectivity index (χ0n) is 11.2. The minimum atomic E-state index is 0.123. The number of halogens is 2. The third-order valence-electron chi connectivity index (χ3n) is 3.37. The number of aromatic nitrogens is 3. The Morgan fingerprint density at radius 3 is 2.10 bits per heavy atom. The van der Waals surface area contributed by atoms with Gasteiger partial charge in [-0.05, 0) is 35.9 Å². The van der Waals surface area contributed by atoms with E-state index in [1.54, 1.807) is 0 Å². The van der Waals surface area contributed by atoms with Gasteiger partial charge in [-0.15, -0.1) is 0 Å². The molecule has 1 aromatic heterocycles. The molecule has 2 aromatic rings. The number of anilines is 3. The fourth-order valence-corrected chi connectivity index (χ4v) is 2.60. The fourth-order valence-electron chi connectivity index (χ4n) is 2.31. The summed E-state index contributed by atoms with van der Waals surface area (Å²) in [6.45, 7) is 3.32. The Bertz CT molecular complexity index is 605. The van der Waals surface area contributed by atoms with Crippen LogP contribution in [0.4, 0.5) is 17.6 Å². The van der Waals surface area contributed by atoms with Gasteiger partial charge in [0.25, 0.3) is 0 Å². The maximum Gasteiger partial charge on any atom is 0.231 e. The molecule has 1 aliphatic rings. The van der Waals surface area contributed by atoms with Crippen LogP contribution in [0.15, 0.2) is 24.3 Å². The van der Waals surface area contributed by atoms with E-state index in [1.165, 1.54) is 0 Å². The van der Waals surface area contributed by atoms with Gasteiger partial charge in [0.05, 0.1) is 0 Å². The van der Waals surface area contributed by atoms with Crippen molar-refractivity contribution in [2.75, 3.05) is 41.7 Å². The smallest absolute Gasteiger partial charge is 0.231 e. The van der Waals surface area contributed by atoms with Crippen LogP contribution in [0.1, 0.15) is 0 Å². The second-order valence-electron chi connectivity index (χ2n) is 4.71. The lowest BCUT2D eigenvalue weighted by Crippen LogP contribution is -2.47. The highest BCUT2D eigenvalue weighted by Crippen LogP contribution is 2.21. The molecule has 0 bridgehead atoms. The van der Waals surface area contributed by atoms with Gasteiger partial charge in [-0.2, -0.15) is 15.0 Å². The first-order valence-electron chi connectivity index (χ1n) is 6.54. The minimum absolute atomic E-state index is 0.123. The third kappa shape index (κ3) is 3.28. The molecule has 21 heavy (non-hydrogen) atoms. The molecule has 0 amide bonds. The zero-order chi connectivity index (χ0) is 14.8. The van der Waals surface area contributed by atoms with E-state index in [2.05, 4.69) is 24.8 Å². The molecule has 8 heteroatoms. The van der Waals surface area contributed by atoms with Gasteiger partial charge in [-0.25, -0.2) is 0 Å². The highest BCUT2D eigenvalue weighted by Gasteiger charge is 2.20. The minimum Gasteiger partial charge on any atom is -0.368 e. The van der Waals surface area contributed by atoms with Gasteiger partial charge in [0.15, 0.2) is 0 Å². The summed E-state index contributed by atoms with van der Waals surface area (Å²) in [7, 11) is 0. The summed E-state index contributed by atoms with van der Waals surface area (Å²) in [5.41, 5.74) is 6.76. The van der Waals surface area contributed by atoms with Crippen LogP contribution in [0.25, 0.3) is 0 Å². The molecule has 1 aliphatic heterocycles. The molecular formula is C13H14Cl2N6. The van der Waals surface area contributed by atoms with E-state index in [-0.39, 0.29) is 11.2 Å². The normalized spacial score (nSPS) is 15.3. The molecule has 0 unspecified atom stereocenters. The van der Waals surface area contributed by atoms with E-state index in [4.69, 9.17) is 28.9 Å². The highest BCUT2D eigenvalue weighted by atomic mass is 35.5. The maximum atomic E-state index is 5.91. The summed E-state index contributed by atoms with van der Waals surface area (Å²) in [5, 5.41) is 0.866. The SMILES string of the molecule is Nc1nc(Cl)nc(N2CCN(c3ccc(Cl)cc3)CC2)n1. The standard InChI is InChI=1S/C13H14Cl2N6/c14-9-1-3-10(4-2-9)20-5-7-21(8-6-20)13-18-11(15)17-12(16)19-13/h1-4H,5-8H2,(H2,16,17,18,19). The van der Waals surface area contributed by atoms with Crippen molar-refractivity contribution >= 4 is 40.8 Å². The summed E-state index contributed by atoms with van der Waals surface area (Å²) < 4.78 is 0. The molecule has 3 rings (SSSR count). The van der Waals surface area contributed by atoms with E-state index >= 15 is 0 Å². The molecular weight excluding hydrogens is 311 g/mol. The lowest BCUT2D eigenvalue weighted by atomic mass is 10.2. The molecule has 1 fully saturated rings. The first-order valence-corrected chi connectivity index (χ1v) is 7.30. The average Bonchev–Trinajstić information content (AvgIpc) is 2.47. The highest BCUT2D eigenvalue weighted by molar-refractivity contribution is 6.30. The molecule has 2 heterocycles. The number of nitrogen functional groups attached to an aromatic ring is 1. The number of rotatable bonds is 2. The fraction of sp³-hybridized carbons (Fsp3) is 0.308. The Morgan fingerprint density at radius 2 is 1.48 bits per heavy atom. The van der Waals surface area contributed by atoms with Crippen molar-refractivity contribution in [3.63, 3.8) is 0 Å². The van der Waals surface area contributed by atoms with E-state index in [0.29, 0.717) is 5.95 Å². The molecule has 1 aromatic carbocycles. The lowest BCUT2D eigenvalue weighted by molar-refractivity contribution is 0.639. The predicted octanol–water partition coefficient (Wildman–Crippen LogP) is 2.09. The summed E-state index contributed by atoms with van der Waals surface area (Å²) in [5.74, 6) is 0.674. The van der Waals surface area contributed by atoms with Gasteiger partial charge < -0.3 is 15.5 Å². The first kappa shape index (κ1) is 14.2. The van der Waals surface area contributed by atoms with Crippen molar-refractivity contribution in [1.29, 1.82) is 0 Å². The van der Waals surface area contributed by atoms with E-state index in [9.17, 15) is 0 Å². The summed E-state index contributed by atoms with van der Waals surface area (Å²) in [6, 6.07) is 7.84. The molecule has 0 aliphatic carbocycles. The van der Waals surface area contributed by atoms with Crippen molar-refractivity contribution in [1.82, 2.24) is 15.0 Å². The number of nitrogens with zero attached hydrogens (tertiary/aromatic N) is 5. The van der Waals surface area contributed by atoms with Crippen LogP contribution in [0.2, 0.25) is 10.3 Å². The van der Waals surface area contributed by atoms with Crippen molar-refractivity contribution in [3.8, 4) is 0 Å². The van der Waals surface area contributed by atoms with Crippen LogP contribution >= 0.6 is 23.2 Å². The van der Waals surface area contributed by atoms with Crippen molar-refractivity contribution in [3.05, 3.63) is 34.6 Å². The number of piperazine rings is 1. The Labute approximate surface area is 132 Å². The Balaban J connectivity index is 1.68. The monoisotopic (exact) mass is 324 g/mol. The maximum absolute atomic E-state index is 5.91. The largest absolute Gasteiger partial charge is 0.368 e. The van der Waals surface area contributed by atoms with Gasteiger partial charge in [0, 0.05) is 36.9 Å². The topological polar surface area (TPSA) is 71.2 Å². The van der Waals surface area contributed by atoms with Crippen LogP contribution in [0.5, 0.6) is 0 Å². The van der Waals surface area contributed by atoms with Crippen LogP contribution in [0, 0.1) is 0 Å². The lowest BCUT2D eigenvalue weighted by Gasteiger charge is -2.36. The van der Waals surface area contributed by atoms with E-state index < -0.39 is 0 Å². The average molecular weight is 325 g/mol. The van der Waals surface area contributed by atoms with Crippen molar-refractivity contribution in [2.24, 2.45) is 0 Å². The molecule has 0 spiro atoms. The van der Waals surface area contributed by atoms with Crippen LogP contribution < -0.4 is 15.5 Å². The molecule has 0 atom stereocenters. The Hall–Kier alpha value is -1.79. The van der Waals surface area contributed by atoms with Crippen LogP contribution in [0.3, 0.4) is 0 Å². The number of nitrogens with two attached hydrogens (primary N) is 1. The van der Waals surface area contributed by atoms with Gasteiger partial charge in [-0.3, -0.25) is 0 Å². The summed E-state index contributed by atoms with van der Waals surface area (Å²) in [4.78, 5) is 16.4.